The maximum atomic E-state index is 12.0. The highest BCUT2D eigenvalue weighted by molar-refractivity contribution is 6.23. The van der Waals surface area contributed by atoms with Gasteiger partial charge < -0.3 is 4.74 Å². The van der Waals surface area contributed by atoms with Crippen LogP contribution in [0.25, 0.3) is 11.6 Å². The number of nitro groups is 1. The van der Waals surface area contributed by atoms with Crippen molar-refractivity contribution in [3.05, 3.63) is 75.3 Å². The summed E-state index contributed by atoms with van der Waals surface area (Å²) in [5.41, 5.74) is 2.33. The number of para-hydroxylation sites is 1. The summed E-state index contributed by atoms with van der Waals surface area (Å²) in [6, 6.07) is 13.7. The third-order valence-electron chi connectivity index (χ3n) is 3.32. The number of carbonyl (C=O) groups is 1. The van der Waals surface area contributed by atoms with Crippen molar-refractivity contribution in [1.82, 2.24) is 0 Å². The Morgan fingerprint density at radius 3 is 2.62 bits per heavy atom. The van der Waals surface area contributed by atoms with Gasteiger partial charge in [0.15, 0.2) is 0 Å². The van der Waals surface area contributed by atoms with Crippen molar-refractivity contribution in [1.29, 1.82) is 0 Å². The second-order valence-corrected chi connectivity index (χ2v) is 4.61. The first kappa shape index (κ1) is 13.1. The fraction of sp³-hybridized carbons (Fsp3) is 0.0625. The molecule has 104 valence electrons. The maximum Gasteiger partial charge on any atom is 0.339 e. The number of nitro benzene ring substituents is 1. The van der Waals surface area contributed by atoms with Gasteiger partial charge in [0.05, 0.1) is 16.1 Å². The first-order valence-corrected chi connectivity index (χ1v) is 6.37. The molecule has 0 fully saturated rings. The molecular weight excluding hydrogens is 270 g/mol. The Balaban J connectivity index is 2.16. The molecule has 0 spiro atoms. The zero-order chi connectivity index (χ0) is 14.8. The molecule has 0 saturated carbocycles. The Kier molecular flexibility index (Phi) is 3.23. The van der Waals surface area contributed by atoms with Crippen molar-refractivity contribution in [3.63, 3.8) is 0 Å². The number of rotatable bonds is 2. The number of fused-ring (bicyclic) bond motifs is 1. The zero-order valence-corrected chi connectivity index (χ0v) is 11.0. The summed E-state index contributed by atoms with van der Waals surface area (Å²) in [5.74, 6) is -0.466. The Morgan fingerprint density at radius 1 is 1.10 bits per heavy atom. The van der Waals surface area contributed by atoms with Gasteiger partial charge in [-0.05, 0) is 23.3 Å². The predicted molar refractivity (Wildman–Crippen MR) is 77.2 cm³/mol. The summed E-state index contributed by atoms with van der Waals surface area (Å²) < 4.78 is 5.11. The number of carbonyl (C=O) groups excluding carboxylic acids is 1. The lowest BCUT2D eigenvalue weighted by atomic mass is 9.96. The van der Waals surface area contributed by atoms with Crippen molar-refractivity contribution < 1.29 is 14.5 Å². The van der Waals surface area contributed by atoms with Gasteiger partial charge in [0, 0.05) is 6.07 Å². The smallest absolute Gasteiger partial charge is 0.339 e. The number of nitrogens with zero attached hydrogens (tertiary/aromatic N) is 1. The number of cyclic esters (lactones) is 1. The molecule has 3 rings (SSSR count). The highest BCUT2D eigenvalue weighted by Crippen LogP contribution is 2.30. The van der Waals surface area contributed by atoms with E-state index >= 15 is 0 Å². The van der Waals surface area contributed by atoms with E-state index in [1.54, 1.807) is 18.2 Å². The van der Waals surface area contributed by atoms with E-state index in [1.165, 1.54) is 12.1 Å². The Morgan fingerprint density at radius 2 is 1.81 bits per heavy atom. The normalized spacial score (nSPS) is 15.4. The molecule has 0 aromatic heterocycles. The van der Waals surface area contributed by atoms with Crippen LogP contribution in [-0.4, -0.2) is 10.9 Å². The number of ether oxygens (including phenoxy) is 1. The van der Waals surface area contributed by atoms with Gasteiger partial charge in [-0.1, -0.05) is 36.4 Å². The van der Waals surface area contributed by atoms with Crippen LogP contribution < -0.4 is 0 Å². The van der Waals surface area contributed by atoms with Gasteiger partial charge in [-0.3, -0.25) is 10.1 Å². The van der Waals surface area contributed by atoms with Crippen LogP contribution in [0.15, 0.2) is 48.5 Å². The van der Waals surface area contributed by atoms with E-state index in [1.807, 2.05) is 24.3 Å². The number of benzene rings is 2. The molecule has 1 aliphatic heterocycles. The molecule has 0 atom stereocenters. The second kappa shape index (κ2) is 5.20. The van der Waals surface area contributed by atoms with E-state index in [-0.39, 0.29) is 12.3 Å². The minimum absolute atomic E-state index is 0.0409. The molecule has 0 bridgehead atoms. The molecule has 0 N–H and O–H groups in total. The third kappa shape index (κ3) is 2.41. The first-order valence-electron chi connectivity index (χ1n) is 6.37. The van der Waals surface area contributed by atoms with Crippen molar-refractivity contribution in [2.75, 3.05) is 0 Å². The number of hydrogen-bond acceptors (Lipinski definition) is 4. The zero-order valence-electron chi connectivity index (χ0n) is 11.0. The minimum Gasteiger partial charge on any atom is -0.457 e. The average Bonchev–Trinajstić information content (AvgIpc) is 2.50. The molecule has 1 heterocycles. The van der Waals surface area contributed by atoms with Crippen molar-refractivity contribution in [2.24, 2.45) is 0 Å². The second-order valence-electron chi connectivity index (χ2n) is 4.61. The SMILES string of the molecule is O=C1OCc2ccccc2/C1=C/c1ccccc1[N+](=O)[O-]. The minimum atomic E-state index is -0.466. The van der Waals surface area contributed by atoms with Gasteiger partial charge in [0.2, 0.25) is 0 Å². The van der Waals surface area contributed by atoms with Crippen LogP contribution in [0, 0.1) is 10.1 Å². The maximum absolute atomic E-state index is 12.0. The van der Waals surface area contributed by atoms with Crippen LogP contribution in [0.5, 0.6) is 0 Å². The Hall–Kier alpha value is -2.95. The Labute approximate surface area is 120 Å². The first-order chi connectivity index (χ1) is 10.2. The van der Waals surface area contributed by atoms with Crippen LogP contribution in [-0.2, 0) is 16.1 Å². The lowest BCUT2D eigenvalue weighted by Crippen LogP contribution is -2.15. The van der Waals surface area contributed by atoms with Crippen LogP contribution in [0.3, 0.4) is 0 Å². The highest BCUT2D eigenvalue weighted by Gasteiger charge is 2.23. The van der Waals surface area contributed by atoms with Gasteiger partial charge in [0.25, 0.3) is 5.69 Å². The van der Waals surface area contributed by atoms with Crippen molar-refractivity contribution in [3.8, 4) is 0 Å². The summed E-state index contributed by atoms with van der Waals surface area (Å²) in [5, 5.41) is 11.1. The van der Waals surface area contributed by atoms with E-state index < -0.39 is 10.9 Å². The standard InChI is InChI=1S/C16H11NO4/c18-16-14(13-7-3-1-6-12(13)10-21-16)9-11-5-2-4-8-15(11)17(19)20/h1-9H,10H2/b14-9-. The van der Waals surface area contributed by atoms with Crippen LogP contribution in [0.1, 0.15) is 16.7 Å². The molecule has 5 heteroatoms. The molecule has 0 radical (unpaired) electrons. The summed E-state index contributed by atoms with van der Waals surface area (Å²) in [6.45, 7) is 0.225. The van der Waals surface area contributed by atoms with E-state index in [0.717, 1.165) is 11.1 Å². The van der Waals surface area contributed by atoms with Gasteiger partial charge in [-0.25, -0.2) is 4.79 Å². The van der Waals surface area contributed by atoms with Crippen LogP contribution in [0.2, 0.25) is 0 Å². The van der Waals surface area contributed by atoms with E-state index in [2.05, 4.69) is 0 Å². The average molecular weight is 281 g/mol. The fourth-order valence-electron chi connectivity index (χ4n) is 2.31. The lowest BCUT2D eigenvalue weighted by molar-refractivity contribution is -0.385. The molecule has 0 unspecified atom stereocenters. The predicted octanol–water partition coefficient (Wildman–Crippen LogP) is 3.19. The quantitative estimate of drug-likeness (QED) is 0.367. The summed E-state index contributed by atoms with van der Waals surface area (Å²) in [6.07, 6.45) is 1.51. The van der Waals surface area contributed by atoms with Gasteiger partial charge in [-0.2, -0.15) is 0 Å². The molecule has 2 aromatic rings. The van der Waals surface area contributed by atoms with E-state index in [9.17, 15) is 14.9 Å². The van der Waals surface area contributed by atoms with Gasteiger partial charge in [-0.15, -0.1) is 0 Å². The molecule has 1 aliphatic rings. The third-order valence-corrected chi connectivity index (χ3v) is 3.32. The molecular formula is C16H11NO4. The molecule has 0 aliphatic carbocycles. The molecule has 21 heavy (non-hydrogen) atoms. The van der Waals surface area contributed by atoms with E-state index in [0.29, 0.717) is 11.1 Å². The largest absolute Gasteiger partial charge is 0.457 e. The summed E-state index contributed by atoms with van der Waals surface area (Å²) in [7, 11) is 0. The van der Waals surface area contributed by atoms with Crippen LogP contribution in [0.4, 0.5) is 5.69 Å². The van der Waals surface area contributed by atoms with Gasteiger partial charge >= 0.3 is 5.97 Å². The summed E-state index contributed by atoms with van der Waals surface area (Å²) in [4.78, 5) is 22.6. The molecule has 2 aromatic carbocycles. The molecule has 0 amide bonds. The fourth-order valence-corrected chi connectivity index (χ4v) is 2.31. The highest BCUT2D eigenvalue weighted by atomic mass is 16.6. The topological polar surface area (TPSA) is 69.4 Å². The molecule has 5 nitrogen and oxygen atoms in total. The Bertz CT molecular complexity index is 764. The summed E-state index contributed by atoms with van der Waals surface area (Å²) >= 11 is 0. The van der Waals surface area contributed by atoms with Crippen molar-refractivity contribution in [2.45, 2.75) is 6.61 Å². The van der Waals surface area contributed by atoms with Gasteiger partial charge in [0.1, 0.15) is 6.61 Å². The number of esters is 1. The lowest BCUT2D eigenvalue weighted by Gasteiger charge is -2.18. The number of hydrogen-bond donors (Lipinski definition) is 0. The van der Waals surface area contributed by atoms with E-state index in [4.69, 9.17) is 4.74 Å². The van der Waals surface area contributed by atoms with Crippen molar-refractivity contribution >= 4 is 23.3 Å². The van der Waals surface area contributed by atoms with Crippen LogP contribution >= 0.6 is 0 Å². The molecule has 0 saturated heterocycles. The monoisotopic (exact) mass is 281 g/mol.